The Balaban J connectivity index is 2.00. The molecule has 2 rings (SSSR count). The lowest BCUT2D eigenvalue weighted by Gasteiger charge is -2.23. The van der Waals surface area contributed by atoms with Crippen molar-refractivity contribution in [2.45, 2.75) is 32.7 Å². The number of rotatable bonds is 4. The molecule has 0 saturated carbocycles. The molecule has 0 aliphatic carbocycles. The number of pyridine rings is 1. The molecule has 0 aromatic carbocycles. The fraction of sp³-hybridized carbons (Fsp3) is 0.615. The molecule has 16 heavy (non-hydrogen) atoms. The lowest BCUT2D eigenvalue weighted by molar-refractivity contribution is 0.182. The Kier molecular flexibility index (Phi) is 3.78. The van der Waals surface area contributed by atoms with E-state index in [0.29, 0.717) is 12.0 Å². The summed E-state index contributed by atoms with van der Waals surface area (Å²) in [5.41, 5.74) is 2.32. The first-order valence-corrected chi connectivity index (χ1v) is 6.05. The van der Waals surface area contributed by atoms with Crippen LogP contribution in [-0.4, -0.2) is 24.2 Å². The van der Waals surface area contributed by atoms with E-state index in [1.165, 1.54) is 12.0 Å². The average Bonchev–Trinajstić information content (AvgIpc) is 2.79. The van der Waals surface area contributed by atoms with Gasteiger partial charge in [-0.05, 0) is 31.4 Å². The summed E-state index contributed by atoms with van der Waals surface area (Å²) in [6.45, 7) is 6.09. The number of ether oxygens (including phenoxy) is 1. The van der Waals surface area contributed by atoms with Crippen molar-refractivity contribution < 1.29 is 4.74 Å². The maximum absolute atomic E-state index is 5.45. The van der Waals surface area contributed by atoms with Gasteiger partial charge in [0, 0.05) is 31.0 Å². The van der Waals surface area contributed by atoms with Crippen LogP contribution in [0.25, 0.3) is 0 Å². The van der Waals surface area contributed by atoms with Gasteiger partial charge in [0.15, 0.2) is 0 Å². The standard InChI is InChI=1S/C13H20N2O/c1-3-13(11-4-5-16-9-11)15-12-6-10(2)7-14-8-12/h6-8,11,13,15H,3-5,9H2,1-2H3. The minimum Gasteiger partial charge on any atom is -0.381 e. The van der Waals surface area contributed by atoms with Crippen molar-refractivity contribution in [2.75, 3.05) is 18.5 Å². The molecule has 88 valence electrons. The summed E-state index contributed by atoms with van der Waals surface area (Å²) in [6.07, 6.45) is 6.07. The summed E-state index contributed by atoms with van der Waals surface area (Å²) in [7, 11) is 0. The Labute approximate surface area is 97.2 Å². The SMILES string of the molecule is CCC(Nc1cncc(C)c1)C1CCOC1. The molecule has 0 radical (unpaired) electrons. The van der Waals surface area contributed by atoms with Crippen LogP contribution in [0, 0.1) is 12.8 Å². The second kappa shape index (κ2) is 5.30. The number of aryl methyl sites for hydroxylation is 1. The predicted molar refractivity (Wildman–Crippen MR) is 65.6 cm³/mol. The van der Waals surface area contributed by atoms with E-state index < -0.39 is 0 Å². The van der Waals surface area contributed by atoms with E-state index >= 15 is 0 Å². The van der Waals surface area contributed by atoms with Crippen molar-refractivity contribution in [1.29, 1.82) is 0 Å². The first-order valence-electron chi connectivity index (χ1n) is 6.05. The molecule has 1 aliphatic heterocycles. The highest BCUT2D eigenvalue weighted by Crippen LogP contribution is 2.22. The van der Waals surface area contributed by atoms with E-state index in [1.54, 1.807) is 0 Å². The van der Waals surface area contributed by atoms with E-state index in [-0.39, 0.29) is 0 Å². The average molecular weight is 220 g/mol. The van der Waals surface area contributed by atoms with Gasteiger partial charge in [0.05, 0.1) is 12.3 Å². The molecule has 1 aromatic rings. The molecule has 0 spiro atoms. The van der Waals surface area contributed by atoms with Crippen molar-refractivity contribution in [1.82, 2.24) is 4.98 Å². The maximum Gasteiger partial charge on any atom is 0.0531 e. The largest absolute Gasteiger partial charge is 0.381 e. The zero-order valence-electron chi connectivity index (χ0n) is 10.1. The number of anilines is 1. The molecule has 1 N–H and O–H groups in total. The number of hydrogen-bond acceptors (Lipinski definition) is 3. The van der Waals surface area contributed by atoms with Gasteiger partial charge in [0.1, 0.15) is 0 Å². The second-order valence-electron chi connectivity index (χ2n) is 4.53. The van der Waals surface area contributed by atoms with Crippen molar-refractivity contribution in [2.24, 2.45) is 5.92 Å². The Hall–Kier alpha value is -1.09. The predicted octanol–water partition coefficient (Wildman–Crippen LogP) is 2.62. The van der Waals surface area contributed by atoms with Gasteiger partial charge >= 0.3 is 0 Å². The highest BCUT2D eigenvalue weighted by atomic mass is 16.5. The van der Waals surface area contributed by atoms with Crippen LogP contribution in [0.3, 0.4) is 0 Å². The fourth-order valence-electron chi connectivity index (χ4n) is 2.27. The van der Waals surface area contributed by atoms with Crippen LogP contribution in [0.5, 0.6) is 0 Å². The molecule has 2 unspecified atom stereocenters. The lowest BCUT2D eigenvalue weighted by atomic mass is 9.96. The van der Waals surface area contributed by atoms with Crippen LogP contribution in [0.4, 0.5) is 5.69 Å². The smallest absolute Gasteiger partial charge is 0.0531 e. The van der Waals surface area contributed by atoms with Gasteiger partial charge < -0.3 is 10.1 Å². The van der Waals surface area contributed by atoms with Crippen LogP contribution in [0.15, 0.2) is 18.5 Å². The second-order valence-corrected chi connectivity index (χ2v) is 4.53. The van der Waals surface area contributed by atoms with Crippen molar-refractivity contribution in [3.63, 3.8) is 0 Å². The molecular formula is C13H20N2O. The third kappa shape index (κ3) is 2.73. The lowest BCUT2D eigenvalue weighted by Crippen LogP contribution is -2.28. The van der Waals surface area contributed by atoms with Crippen LogP contribution < -0.4 is 5.32 Å². The van der Waals surface area contributed by atoms with Gasteiger partial charge in [-0.15, -0.1) is 0 Å². The Morgan fingerprint density at radius 1 is 1.56 bits per heavy atom. The molecule has 0 bridgehead atoms. The minimum atomic E-state index is 0.506. The Morgan fingerprint density at radius 2 is 2.44 bits per heavy atom. The van der Waals surface area contributed by atoms with Crippen LogP contribution in [0.2, 0.25) is 0 Å². The molecular weight excluding hydrogens is 200 g/mol. The zero-order valence-corrected chi connectivity index (χ0v) is 10.1. The number of nitrogens with one attached hydrogen (secondary N) is 1. The van der Waals surface area contributed by atoms with E-state index in [1.807, 2.05) is 12.4 Å². The van der Waals surface area contributed by atoms with Crippen LogP contribution in [0.1, 0.15) is 25.3 Å². The monoisotopic (exact) mass is 220 g/mol. The van der Waals surface area contributed by atoms with Crippen LogP contribution >= 0.6 is 0 Å². The Bertz CT molecular complexity index is 334. The summed E-state index contributed by atoms with van der Waals surface area (Å²) in [6, 6.07) is 2.65. The van der Waals surface area contributed by atoms with Gasteiger partial charge in [-0.3, -0.25) is 4.98 Å². The number of hydrogen-bond donors (Lipinski definition) is 1. The highest BCUT2D eigenvalue weighted by molar-refractivity contribution is 5.43. The van der Waals surface area contributed by atoms with Gasteiger partial charge in [-0.25, -0.2) is 0 Å². The molecule has 1 fully saturated rings. The molecule has 1 aliphatic rings. The number of aromatic nitrogens is 1. The normalized spacial score (nSPS) is 22.0. The molecule has 0 amide bonds. The molecule has 3 nitrogen and oxygen atoms in total. The first kappa shape index (κ1) is 11.4. The summed E-state index contributed by atoms with van der Waals surface area (Å²) >= 11 is 0. The van der Waals surface area contributed by atoms with E-state index in [2.05, 4.69) is 30.2 Å². The van der Waals surface area contributed by atoms with Crippen LogP contribution in [-0.2, 0) is 4.74 Å². The zero-order chi connectivity index (χ0) is 11.4. The minimum absolute atomic E-state index is 0.506. The van der Waals surface area contributed by atoms with Crippen molar-refractivity contribution >= 4 is 5.69 Å². The highest BCUT2D eigenvalue weighted by Gasteiger charge is 2.24. The van der Waals surface area contributed by atoms with E-state index in [9.17, 15) is 0 Å². The third-order valence-corrected chi connectivity index (χ3v) is 3.20. The number of nitrogens with zero attached hydrogens (tertiary/aromatic N) is 1. The summed E-state index contributed by atoms with van der Waals surface area (Å²) in [5, 5.41) is 3.57. The van der Waals surface area contributed by atoms with E-state index in [0.717, 1.165) is 25.3 Å². The summed E-state index contributed by atoms with van der Waals surface area (Å²) in [5.74, 6) is 0.644. The van der Waals surface area contributed by atoms with Crippen molar-refractivity contribution in [3.8, 4) is 0 Å². The Morgan fingerprint density at radius 3 is 3.06 bits per heavy atom. The molecule has 2 atom stereocenters. The quantitative estimate of drug-likeness (QED) is 0.847. The topological polar surface area (TPSA) is 34.2 Å². The fourth-order valence-corrected chi connectivity index (χ4v) is 2.27. The van der Waals surface area contributed by atoms with Crippen molar-refractivity contribution in [3.05, 3.63) is 24.0 Å². The van der Waals surface area contributed by atoms with Gasteiger partial charge in [0.2, 0.25) is 0 Å². The van der Waals surface area contributed by atoms with Gasteiger partial charge in [0.25, 0.3) is 0 Å². The summed E-state index contributed by atoms with van der Waals surface area (Å²) in [4.78, 5) is 4.20. The van der Waals surface area contributed by atoms with Gasteiger partial charge in [-0.1, -0.05) is 6.92 Å². The van der Waals surface area contributed by atoms with E-state index in [4.69, 9.17) is 4.74 Å². The molecule has 2 heterocycles. The van der Waals surface area contributed by atoms with Gasteiger partial charge in [-0.2, -0.15) is 0 Å². The molecule has 1 aromatic heterocycles. The molecule has 3 heteroatoms. The first-order chi connectivity index (χ1) is 7.79. The summed E-state index contributed by atoms with van der Waals surface area (Å²) < 4.78 is 5.45. The third-order valence-electron chi connectivity index (χ3n) is 3.20. The molecule has 1 saturated heterocycles. The maximum atomic E-state index is 5.45.